The number of hydrogen-bond acceptors (Lipinski definition) is 7. The number of rotatable bonds is 12. The Bertz CT molecular complexity index is 1190. The van der Waals surface area contributed by atoms with Gasteiger partial charge in [0.2, 0.25) is 11.2 Å². The van der Waals surface area contributed by atoms with E-state index in [4.69, 9.17) is 13.9 Å². The third-order valence-corrected chi connectivity index (χ3v) is 5.88. The number of phenols is 1. The Morgan fingerprint density at radius 1 is 1.00 bits per heavy atom. The van der Waals surface area contributed by atoms with E-state index in [0.717, 1.165) is 38.8 Å². The zero-order valence-corrected chi connectivity index (χ0v) is 21.1. The van der Waals surface area contributed by atoms with Crippen molar-refractivity contribution in [2.75, 3.05) is 19.7 Å². The van der Waals surface area contributed by atoms with Crippen LogP contribution in [0.5, 0.6) is 17.2 Å². The lowest BCUT2D eigenvalue weighted by Gasteiger charge is -2.23. The number of phenolic OH excluding ortho intramolecular Hbond substituents is 1. The van der Waals surface area contributed by atoms with Gasteiger partial charge in [-0.15, -0.1) is 0 Å². The van der Waals surface area contributed by atoms with Gasteiger partial charge in [0.25, 0.3) is 0 Å². The molecule has 3 aromatic rings. The number of hydrogen-bond donors (Lipinski definition) is 1. The average molecular weight is 482 g/mol. The minimum absolute atomic E-state index is 0.0758. The Balaban J connectivity index is 1.94. The molecule has 0 aliphatic carbocycles. The van der Waals surface area contributed by atoms with Crippen LogP contribution in [0.1, 0.15) is 68.1 Å². The number of nitrogens with zero attached hydrogens (tertiary/aromatic N) is 1. The first kappa shape index (κ1) is 26.3. The van der Waals surface area contributed by atoms with Crippen molar-refractivity contribution in [3.63, 3.8) is 0 Å². The molecule has 0 unspecified atom stereocenters. The molecule has 0 radical (unpaired) electrons. The van der Waals surface area contributed by atoms with Crippen molar-refractivity contribution in [2.45, 2.75) is 59.9 Å². The lowest BCUT2D eigenvalue weighted by molar-refractivity contribution is 0.0526. The summed E-state index contributed by atoms with van der Waals surface area (Å²) in [6.07, 6.45) is 4.29. The molecule has 3 rings (SSSR count). The summed E-state index contributed by atoms with van der Waals surface area (Å²) in [5, 5.41) is 11.0. The normalized spacial score (nSPS) is 11.2. The van der Waals surface area contributed by atoms with Crippen LogP contribution in [0.4, 0.5) is 0 Å². The molecule has 0 aliphatic heterocycles. The number of aromatic hydroxyl groups is 1. The molecule has 0 amide bonds. The molecule has 188 valence electrons. The van der Waals surface area contributed by atoms with Crippen LogP contribution in [0, 0.1) is 6.92 Å². The predicted molar refractivity (Wildman–Crippen MR) is 136 cm³/mol. The van der Waals surface area contributed by atoms with E-state index in [0.29, 0.717) is 46.8 Å². The van der Waals surface area contributed by atoms with Gasteiger partial charge in [-0.3, -0.25) is 9.69 Å². The van der Waals surface area contributed by atoms with Crippen molar-refractivity contribution >= 4 is 16.9 Å². The van der Waals surface area contributed by atoms with Crippen LogP contribution in [0.15, 0.2) is 45.6 Å². The van der Waals surface area contributed by atoms with Gasteiger partial charge in [0.05, 0.1) is 23.1 Å². The van der Waals surface area contributed by atoms with E-state index in [1.807, 2.05) is 0 Å². The first-order valence-electron chi connectivity index (χ1n) is 12.3. The van der Waals surface area contributed by atoms with E-state index in [1.54, 1.807) is 50.2 Å². The van der Waals surface area contributed by atoms with Gasteiger partial charge in [-0.05, 0) is 76.2 Å². The van der Waals surface area contributed by atoms with E-state index >= 15 is 0 Å². The summed E-state index contributed by atoms with van der Waals surface area (Å²) >= 11 is 0. The fraction of sp³-hybridized carbons (Fsp3) is 0.429. The van der Waals surface area contributed by atoms with Gasteiger partial charge in [0.15, 0.2) is 0 Å². The predicted octanol–water partition coefficient (Wildman–Crippen LogP) is 6.18. The summed E-state index contributed by atoms with van der Waals surface area (Å²) in [7, 11) is 0. The fourth-order valence-corrected chi connectivity index (χ4v) is 3.91. The molecule has 35 heavy (non-hydrogen) atoms. The number of unbranched alkanes of at least 4 members (excludes halogenated alkanes) is 2. The first-order valence-corrected chi connectivity index (χ1v) is 12.3. The molecule has 1 heterocycles. The maximum Gasteiger partial charge on any atom is 0.338 e. The van der Waals surface area contributed by atoms with Crippen LogP contribution >= 0.6 is 0 Å². The number of benzene rings is 2. The number of carbonyl (C=O) groups excluding carboxylic acids is 1. The van der Waals surface area contributed by atoms with E-state index in [2.05, 4.69) is 18.7 Å². The molecule has 0 atom stereocenters. The molecule has 1 aromatic heterocycles. The molecule has 7 nitrogen and oxygen atoms in total. The Morgan fingerprint density at radius 2 is 1.66 bits per heavy atom. The first-order chi connectivity index (χ1) is 16.9. The van der Waals surface area contributed by atoms with Crippen LogP contribution in [0.3, 0.4) is 0 Å². The summed E-state index contributed by atoms with van der Waals surface area (Å²) in [6.45, 7) is 10.3. The average Bonchev–Trinajstić information content (AvgIpc) is 2.85. The number of ether oxygens (including phenoxy) is 2. The number of carbonyl (C=O) groups is 1. The van der Waals surface area contributed by atoms with E-state index in [9.17, 15) is 14.7 Å². The highest BCUT2D eigenvalue weighted by Crippen LogP contribution is 2.32. The van der Waals surface area contributed by atoms with Gasteiger partial charge in [-0.25, -0.2) is 4.79 Å². The molecule has 0 fully saturated rings. The van der Waals surface area contributed by atoms with Crippen LogP contribution < -0.4 is 10.2 Å². The second kappa shape index (κ2) is 12.4. The quantitative estimate of drug-likeness (QED) is 0.309. The Labute approximate surface area is 206 Å². The highest BCUT2D eigenvalue weighted by atomic mass is 16.5. The second-order valence-corrected chi connectivity index (χ2v) is 8.59. The number of aryl methyl sites for hydroxylation is 1. The molecule has 0 saturated carbocycles. The maximum absolute atomic E-state index is 13.4. The number of esters is 1. The van der Waals surface area contributed by atoms with Gasteiger partial charge in [0.1, 0.15) is 22.8 Å². The number of fused-ring (bicyclic) bond motifs is 1. The van der Waals surface area contributed by atoms with Crippen LogP contribution in [-0.4, -0.2) is 35.7 Å². The van der Waals surface area contributed by atoms with Gasteiger partial charge in [-0.2, -0.15) is 0 Å². The van der Waals surface area contributed by atoms with Crippen LogP contribution in [-0.2, 0) is 11.3 Å². The highest BCUT2D eigenvalue weighted by Gasteiger charge is 2.20. The standard InChI is InChI=1S/C28H35NO6/c1-5-8-16-29(17-9-6-2)18-23-24(30)15-14-22-25(31)26(19(4)34-27(22)23)35-21-12-10-20(11-13-21)28(32)33-7-3/h10-15,30H,5-9,16-18H2,1-4H3. The molecular formula is C28H35NO6. The van der Waals surface area contributed by atoms with Crippen molar-refractivity contribution in [3.05, 3.63) is 63.5 Å². The van der Waals surface area contributed by atoms with Gasteiger partial charge < -0.3 is 19.0 Å². The minimum atomic E-state index is -0.417. The second-order valence-electron chi connectivity index (χ2n) is 8.59. The van der Waals surface area contributed by atoms with Crippen molar-refractivity contribution in [1.82, 2.24) is 4.90 Å². The third kappa shape index (κ3) is 6.42. The van der Waals surface area contributed by atoms with Gasteiger partial charge in [0, 0.05) is 6.54 Å². The van der Waals surface area contributed by atoms with E-state index in [1.165, 1.54) is 0 Å². The Hall–Kier alpha value is -3.32. The van der Waals surface area contributed by atoms with E-state index < -0.39 is 5.97 Å². The van der Waals surface area contributed by atoms with Crippen molar-refractivity contribution in [1.29, 1.82) is 0 Å². The van der Waals surface area contributed by atoms with Gasteiger partial charge >= 0.3 is 5.97 Å². The molecule has 1 N–H and O–H groups in total. The lowest BCUT2D eigenvalue weighted by Crippen LogP contribution is -2.26. The minimum Gasteiger partial charge on any atom is -0.507 e. The van der Waals surface area contributed by atoms with Crippen molar-refractivity contribution < 1.29 is 23.8 Å². The third-order valence-electron chi connectivity index (χ3n) is 5.88. The molecule has 0 saturated heterocycles. The zero-order valence-electron chi connectivity index (χ0n) is 21.1. The summed E-state index contributed by atoms with van der Waals surface area (Å²) < 4.78 is 16.9. The smallest absolute Gasteiger partial charge is 0.338 e. The van der Waals surface area contributed by atoms with Gasteiger partial charge in [-0.1, -0.05) is 26.7 Å². The van der Waals surface area contributed by atoms with Crippen LogP contribution in [0.2, 0.25) is 0 Å². The Morgan fingerprint density at radius 3 is 2.26 bits per heavy atom. The molecule has 0 spiro atoms. The SMILES string of the molecule is CCCCN(CCCC)Cc1c(O)ccc2c(=O)c(Oc3ccc(C(=O)OCC)cc3)c(C)oc12. The lowest BCUT2D eigenvalue weighted by atomic mass is 10.1. The summed E-state index contributed by atoms with van der Waals surface area (Å²) in [4.78, 5) is 27.5. The molecule has 0 bridgehead atoms. The maximum atomic E-state index is 13.4. The molecule has 2 aromatic carbocycles. The van der Waals surface area contributed by atoms with Crippen LogP contribution in [0.25, 0.3) is 11.0 Å². The monoisotopic (exact) mass is 481 g/mol. The largest absolute Gasteiger partial charge is 0.507 e. The topological polar surface area (TPSA) is 89.2 Å². The highest BCUT2D eigenvalue weighted by molar-refractivity contribution is 5.89. The van der Waals surface area contributed by atoms with E-state index in [-0.39, 0.29) is 16.9 Å². The zero-order chi connectivity index (χ0) is 25.4. The summed E-state index contributed by atoms with van der Waals surface area (Å²) in [6, 6.07) is 9.50. The summed E-state index contributed by atoms with van der Waals surface area (Å²) in [5.41, 5.74) is 1.08. The fourth-order valence-electron chi connectivity index (χ4n) is 3.91. The molecule has 7 heteroatoms. The van der Waals surface area contributed by atoms with Crippen molar-refractivity contribution in [2.24, 2.45) is 0 Å². The Kier molecular flexibility index (Phi) is 9.32. The molecule has 0 aliphatic rings. The molecular weight excluding hydrogens is 446 g/mol. The van der Waals surface area contributed by atoms with Crippen molar-refractivity contribution in [3.8, 4) is 17.2 Å². The summed E-state index contributed by atoms with van der Waals surface area (Å²) in [5.74, 6) is 0.488.